The number of ether oxygens (including phenoxy) is 2. The van der Waals surface area contributed by atoms with Crippen molar-refractivity contribution in [3.63, 3.8) is 0 Å². The average molecular weight is 552 g/mol. The van der Waals surface area contributed by atoms with E-state index < -0.39 is 23.8 Å². The van der Waals surface area contributed by atoms with Crippen LogP contribution in [0.2, 0.25) is 0 Å². The second-order valence-corrected chi connectivity index (χ2v) is 12.2. The van der Waals surface area contributed by atoms with Crippen molar-refractivity contribution in [3.05, 3.63) is 42.0 Å². The van der Waals surface area contributed by atoms with Gasteiger partial charge in [-0.25, -0.2) is 9.18 Å². The summed E-state index contributed by atoms with van der Waals surface area (Å²) in [5.41, 5.74) is 1.36. The van der Waals surface area contributed by atoms with Crippen molar-refractivity contribution in [3.8, 4) is 17.2 Å². The number of rotatable bonds is 8. The number of likely N-dealkylation sites (tertiary alicyclic amines) is 1. The quantitative estimate of drug-likeness (QED) is 0.514. The molecule has 1 aromatic carbocycles. The number of amides is 2. The van der Waals surface area contributed by atoms with Crippen LogP contribution >= 0.6 is 0 Å². The number of halogens is 1. The van der Waals surface area contributed by atoms with Gasteiger partial charge in [0.25, 0.3) is 0 Å². The molecule has 3 aliphatic rings. The van der Waals surface area contributed by atoms with Crippen LogP contribution < -0.4 is 5.32 Å². The van der Waals surface area contributed by atoms with Crippen molar-refractivity contribution >= 4 is 12.0 Å². The minimum absolute atomic E-state index is 0.0214. The molecule has 3 fully saturated rings. The van der Waals surface area contributed by atoms with Crippen molar-refractivity contribution < 1.29 is 23.5 Å². The molecule has 2 saturated heterocycles. The minimum atomic E-state index is -0.803. The van der Waals surface area contributed by atoms with Crippen LogP contribution in [0.15, 0.2) is 30.6 Å². The number of piperidine rings is 1. The molecule has 1 aromatic heterocycles. The molecule has 10 heteroatoms. The van der Waals surface area contributed by atoms with Gasteiger partial charge in [-0.05, 0) is 88.8 Å². The first kappa shape index (κ1) is 28.1. The highest BCUT2D eigenvalue weighted by Crippen LogP contribution is 2.43. The van der Waals surface area contributed by atoms with E-state index in [1.54, 1.807) is 37.9 Å². The average Bonchev–Trinajstić information content (AvgIpc) is 3.71. The van der Waals surface area contributed by atoms with E-state index >= 15 is 4.39 Å². The molecule has 0 spiro atoms. The number of aromatic nitrogens is 2. The van der Waals surface area contributed by atoms with E-state index in [4.69, 9.17) is 9.47 Å². The Bertz CT molecular complexity index is 1280. The van der Waals surface area contributed by atoms with E-state index in [1.165, 1.54) is 6.07 Å². The van der Waals surface area contributed by atoms with Crippen LogP contribution in [0, 0.1) is 23.1 Å². The van der Waals surface area contributed by atoms with Gasteiger partial charge < -0.3 is 14.8 Å². The molecule has 214 valence electrons. The van der Waals surface area contributed by atoms with Crippen molar-refractivity contribution in [2.45, 2.75) is 102 Å². The fourth-order valence-electron chi connectivity index (χ4n) is 6.17. The molecule has 5 unspecified atom stereocenters. The van der Waals surface area contributed by atoms with Crippen LogP contribution in [0.25, 0.3) is 11.1 Å². The van der Waals surface area contributed by atoms with Gasteiger partial charge in [-0.3, -0.25) is 14.4 Å². The normalized spacial score (nSPS) is 24.6. The van der Waals surface area contributed by atoms with E-state index in [2.05, 4.69) is 16.5 Å². The Hall–Kier alpha value is -3.45. The van der Waals surface area contributed by atoms with Crippen molar-refractivity contribution in [2.75, 3.05) is 6.61 Å². The van der Waals surface area contributed by atoms with Crippen molar-refractivity contribution in [1.82, 2.24) is 20.0 Å². The number of benzene rings is 1. The van der Waals surface area contributed by atoms with E-state index in [-0.39, 0.29) is 42.6 Å². The smallest absolute Gasteiger partial charge is 0.411 e. The van der Waals surface area contributed by atoms with E-state index in [9.17, 15) is 14.9 Å². The van der Waals surface area contributed by atoms with E-state index in [0.29, 0.717) is 12.1 Å². The van der Waals surface area contributed by atoms with Gasteiger partial charge in [-0.2, -0.15) is 10.4 Å². The highest BCUT2D eigenvalue weighted by atomic mass is 19.1. The molecular weight excluding hydrogens is 513 g/mol. The van der Waals surface area contributed by atoms with Crippen LogP contribution in [0.4, 0.5) is 9.18 Å². The Labute approximate surface area is 234 Å². The molecule has 5 rings (SSSR count). The number of fused-ring (bicyclic) bond motifs is 2. The third-order valence-corrected chi connectivity index (χ3v) is 8.07. The molecule has 5 atom stereocenters. The number of nitriles is 1. The third-order valence-electron chi connectivity index (χ3n) is 8.07. The SMILES string of the molecule is CC(C)(C)OC(=O)N1C2CCC(C2)C1C(=O)NC(C#N)CCc1ccc(-c2cnn(CC3CCCO3)c2)cc1F. The third kappa shape index (κ3) is 6.30. The number of nitrogens with zero attached hydrogens (tertiary/aromatic N) is 4. The zero-order valence-corrected chi connectivity index (χ0v) is 23.4. The topological polar surface area (TPSA) is 109 Å². The lowest BCUT2D eigenvalue weighted by Gasteiger charge is -2.35. The lowest BCUT2D eigenvalue weighted by Crippen LogP contribution is -2.55. The van der Waals surface area contributed by atoms with Gasteiger partial charge in [-0.15, -0.1) is 0 Å². The largest absolute Gasteiger partial charge is 0.444 e. The Kier molecular flexibility index (Phi) is 8.13. The Morgan fingerprint density at radius 3 is 2.80 bits per heavy atom. The molecule has 2 aromatic rings. The maximum Gasteiger partial charge on any atom is 0.411 e. The first-order valence-corrected chi connectivity index (χ1v) is 14.3. The number of hydrogen-bond donors (Lipinski definition) is 1. The van der Waals surface area contributed by atoms with E-state index in [1.807, 2.05) is 16.9 Å². The monoisotopic (exact) mass is 551 g/mol. The van der Waals surface area contributed by atoms with Crippen LogP contribution in [0.3, 0.4) is 0 Å². The molecule has 3 heterocycles. The molecule has 1 aliphatic carbocycles. The Morgan fingerprint density at radius 1 is 1.27 bits per heavy atom. The zero-order chi connectivity index (χ0) is 28.4. The number of aryl methyl sites for hydroxylation is 1. The lowest BCUT2D eigenvalue weighted by molar-refractivity contribution is -0.128. The molecule has 2 aliphatic heterocycles. The summed E-state index contributed by atoms with van der Waals surface area (Å²) in [6.45, 7) is 6.86. The van der Waals surface area contributed by atoms with E-state index in [0.717, 1.165) is 49.8 Å². The number of hydrogen-bond acceptors (Lipinski definition) is 6. The highest BCUT2D eigenvalue weighted by Gasteiger charge is 2.52. The molecule has 9 nitrogen and oxygen atoms in total. The molecule has 1 saturated carbocycles. The summed E-state index contributed by atoms with van der Waals surface area (Å²) < 4.78 is 28.1. The number of carbonyl (C=O) groups is 2. The lowest BCUT2D eigenvalue weighted by atomic mass is 9.97. The van der Waals surface area contributed by atoms with Crippen LogP contribution in [0.5, 0.6) is 0 Å². The van der Waals surface area contributed by atoms with Gasteiger partial charge in [-0.1, -0.05) is 12.1 Å². The van der Waals surface area contributed by atoms with Crippen LogP contribution in [0.1, 0.15) is 64.9 Å². The van der Waals surface area contributed by atoms with Crippen molar-refractivity contribution in [2.24, 2.45) is 5.92 Å². The Balaban J connectivity index is 1.18. The predicted molar refractivity (Wildman–Crippen MR) is 145 cm³/mol. The van der Waals surface area contributed by atoms with Gasteiger partial charge in [0.05, 0.1) is 24.9 Å². The molecule has 2 amide bonds. The molecular formula is C30H38FN5O4. The molecule has 2 bridgehead atoms. The predicted octanol–water partition coefficient (Wildman–Crippen LogP) is 4.60. The second-order valence-electron chi connectivity index (χ2n) is 12.2. The maximum absolute atomic E-state index is 15.0. The minimum Gasteiger partial charge on any atom is -0.444 e. The maximum atomic E-state index is 15.0. The van der Waals surface area contributed by atoms with Crippen LogP contribution in [-0.4, -0.2) is 63.1 Å². The summed E-state index contributed by atoms with van der Waals surface area (Å²) >= 11 is 0. The van der Waals surface area contributed by atoms with Crippen molar-refractivity contribution in [1.29, 1.82) is 5.26 Å². The highest BCUT2D eigenvalue weighted by molar-refractivity contribution is 5.87. The Morgan fingerprint density at radius 2 is 2.10 bits per heavy atom. The van der Waals surface area contributed by atoms with Gasteiger partial charge in [0.2, 0.25) is 5.91 Å². The summed E-state index contributed by atoms with van der Waals surface area (Å²) in [4.78, 5) is 27.7. The van der Waals surface area contributed by atoms with Gasteiger partial charge >= 0.3 is 6.09 Å². The fourth-order valence-corrected chi connectivity index (χ4v) is 6.17. The zero-order valence-electron chi connectivity index (χ0n) is 23.4. The number of carbonyl (C=O) groups excluding carboxylic acids is 2. The van der Waals surface area contributed by atoms with Crippen LogP contribution in [-0.2, 0) is 27.2 Å². The summed E-state index contributed by atoms with van der Waals surface area (Å²) in [7, 11) is 0. The second kappa shape index (κ2) is 11.6. The van der Waals surface area contributed by atoms with Gasteiger partial charge in [0.1, 0.15) is 23.5 Å². The molecule has 0 radical (unpaired) electrons. The summed E-state index contributed by atoms with van der Waals surface area (Å²) in [5, 5.41) is 16.9. The summed E-state index contributed by atoms with van der Waals surface area (Å²) in [6, 6.07) is 5.71. The van der Waals surface area contributed by atoms with Gasteiger partial charge in [0.15, 0.2) is 0 Å². The fraction of sp³-hybridized carbons (Fsp3) is 0.600. The first-order valence-electron chi connectivity index (χ1n) is 14.3. The van der Waals surface area contributed by atoms with Gasteiger partial charge in [0, 0.05) is 24.4 Å². The first-order chi connectivity index (χ1) is 19.1. The summed E-state index contributed by atoms with van der Waals surface area (Å²) in [5.74, 6) is -0.658. The molecule has 1 N–H and O–H groups in total. The number of nitrogens with one attached hydrogen (secondary N) is 1. The standard InChI is InChI=1S/C30H38FN5O4/c1-30(2,3)40-29(38)36-24-11-9-21(13-24)27(36)28(37)34-23(15-32)10-8-19-6-7-20(14-26(19)31)22-16-33-35(17-22)18-25-5-4-12-39-25/h6-7,14,16-17,21,23-25,27H,4-5,8-13,18H2,1-3H3,(H,34,37). The molecule has 40 heavy (non-hydrogen) atoms. The summed E-state index contributed by atoms with van der Waals surface area (Å²) in [6.07, 6.45) is 8.40.